The molecule has 8 heteroatoms. The third-order valence-electron chi connectivity index (χ3n) is 5.26. The molecule has 7 nitrogen and oxygen atoms in total. The Kier molecular flexibility index (Phi) is 7.53. The van der Waals surface area contributed by atoms with Gasteiger partial charge in [-0.3, -0.25) is 10.1 Å². The van der Waals surface area contributed by atoms with Crippen LogP contribution in [0.1, 0.15) is 44.9 Å². The van der Waals surface area contributed by atoms with Gasteiger partial charge in [0, 0.05) is 55.3 Å². The lowest BCUT2D eigenvalue weighted by Crippen LogP contribution is -2.36. The highest BCUT2D eigenvalue weighted by molar-refractivity contribution is 8.14. The smallest absolute Gasteiger partial charge is 0.269 e. The molecule has 0 spiro atoms. The second kappa shape index (κ2) is 10.1. The van der Waals surface area contributed by atoms with Gasteiger partial charge in [-0.2, -0.15) is 0 Å². The number of imidazole rings is 1. The van der Waals surface area contributed by atoms with E-state index in [0.717, 1.165) is 54.5 Å². The Morgan fingerprint density at radius 3 is 2.87 bits per heavy atom. The Balaban J connectivity index is 1.82. The van der Waals surface area contributed by atoms with Crippen LogP contribution in [0.4, 0.5) is 11.4 Å². The van der Waals surface area contributed by atoms with Gasteiger partial charge >= 0.3 is 0 Å². The lowest BCUT2D eigenvalue weighted by molar-refractivity contribution is -0.384. The third-order valence-corrected chi connectivity index (χ3v) is 6.39. The molecule has 0 amide bonds. The molecular weight excluding hydrogens is 398 g/mol. The molecule has 1 aliphatic rings. The van der Waals surface area contributed by atoms with Crippen LogP contribution in [0.5, 0.6) is 0 Å². The van der Waals surface area contributed by atoms with Crippen molar-refractivity contribution < 1.29 is 4.92 Å². The van der Waals surface area contributed by atoms with E-state index in [1.54, 1.807) is 23.9 Å². The number of benzene rings is 1. The number of aryl methyl sites for hydroxylation is 1. The Morgan fingerprint density at radius 2 is 2.20 bits per heavy atom. The number of nitro benzene ring substituents is 1. The summed E-state index contributed by atoms with van der Waals surface area (Å²) in [5.41, 5.74) is 3.00. The Bertz CT molecular complexity index is 909. The minimum atomic E-state index is -0.363. The number of unbranched alkanes of at least 4 members (excludes halogenated alkanes) is 1. The van der Waals surface area contributed by atoms with Crippen molar-refractivity contribution in [1.82, 2.24) is 14.5 Å². The highest BCUT2D eigenvalue weighted by atomic mass is 32.2. The Morgan fingerprint density at radius 1 is 1.40 bits per heavy atom. The van der Waals surface area contributed by atoms with E-state index in [9.17, 15) is 10.1 Å². The molecule has 2 heterocycles. The molecular formula is C22H31N5O2S. The predicted molar refractivity (Wildman–Crippen MR) is 124 cm³/mol. The minimum Gasteiger partial charge on any atom is -0.347 e. The van der Waals surface area contributed by atoms with Gasteiger partial charge in [-0.15, -0.1) is 0 Å². The maximum atomic E-state index is 11.0. The van der Waals surface area contributed by atoms with Crippen LogP contribution in [0.15, 0.2) is 35.7 Å². The van der Waals surface area contributed by atoms with Crippen molar-refractivity contribution in [2.75, 3.05) is 12.3 Å². The molecule has 0 unspecified atom stereocenters. The molecule has 0 aliphatic carbocycles. The van der Waals surface area contributed by atoms with E-state index in [2.05, 4.69) is 35.2 Å². The van der Waals surface area contributed by atoms with Gasteiger partial charge in [0.25, 0.3) is 5.69 Å². The highest BCUT2D eigenvalue weighted by Gasteiger charge is 2.31. The zero-order valence-electron chi connectivity index (χ0n) is 18.2. The van der Waals surface area contributed by atoms with Crippen LogP contribution in [0.3, 0.4) is 0 Å². The van der Waals surface area contributed by atoms with E-state index in [1.165, 1.54) is 11.8 Å². The van der Waals surface area contributed by atoms with Gasteiger partial charge < -0.3 is 9.47 Å². The zero-order chi connectivity index (χ0) is 21.7. The fourth-order valence-electron chi connectivity index (χ4n) is 3.67. The first-order chi connectivity index (χ1) is 14.4. The van der Waals surface area contributed by atoms with Crippen molar-refractivity contribution in [2.45, 2.75) is 59.5 Å². The van der Waals surface area contributed by atoms with Gasteiger partial charge in [-0.1, -0.05) is 39.0 Å². The standard InChI is InChI=1S/C22H31N5O2S/c1-5-6-9-26-20(11-19-12-23-15-25(19)13-16(2)3)14-30-22(26)24-21-8-7-18(27(28)29)10-17(21)4/h7-8,10,12,15-16,20H,5-6,9,11,13-14H2,1-4H3/t20-/m0/s1. The summed E-state index contributed by atoms with van der Waals surface area (Å²) in [5, 5.41) is 12.0. The van der Waals surface area contributed by atoms with E-state index in [-0.39, 0.29) is 10.6 Å². The van der Waals surface area contributed by atoms with Crippen LogP contribution in [0.2, 0.25) is 0 Å². The van der Waals surface area contributed by atoms with E-state index >= 15 is 0 Å². The van der Waals surface area contributed by atoms with Gasteiger partial charge in [-0.05, 0) is 30.9 Å². The zero-order valence-corrected chi connectivity index (χ0v) is 19.1. The molecule has 2 aromatic rings. The maximum absolute atomic E-state index is 11.0. The van der Waals surface area contributed by atoms with E-state index < -0.39 is 0 Å². The average molecular weight is 430 g/mol. The fraction of sp³-hybridized carbons (Fsp3) is 0.545. The van der Waals surface area contributed by atoms with E-state index in [0.29, 0.717) is 12.0 Å². The molecule has 1 aromatic carbocycles. The number of nitro groups is 1. The van der Waals surface area contributed by atoms with Gasteiger partial charge in [0.1, 0.15) is 0 Å². The van der Waals surface area contributed by atoms with Crippen molar-refractivity contribution in [3.8, 4) is 0 Å². The lowest BCUT2D eigenvalue weighted by Gasteiger charge is -2.26. The second-order valence-electron chi connectivity index (χ2n) is 8.27. The summed E-state index contributed by atoms with van der Waals surface area (Å²) in [5.74, 6) is 1.57. The molecule has 0 N–H and O–H groups in total. The van der Waals surface area contributed by atoms with Gasteiger partial charge in [0.05, 0.1) is 16.9 Å². The first-order valence-corrected chi connectivity index (χ1v) is 11.6. The number of non-ortho nitro benzene ring substituents is 1. The Labute approximate surface area is 182 Å². The van der Waals surface area contributed by atoms with Gasteiger partial charge in [0.15, 0.2) is 5.17 Å². The molecule has 1 aliphatic heterocycles. The largest absolute Gasteiger partial charge is 0.347 e. The number of rotatable bonds is 9. The van der Waals surface area contributed by atoms with Crippen molar-refractivity contribution in [2.24, 2.45) is 10.9 Å². The molecule has 1 fully saturated rings. The molecule has 3 rings (SSSR count). The topological polar surface area (TPSA) is 76.6 Å². The van der Waals surface area contributed by atoms with Crippen LogP contribution >= 0.6 is 11.8 Å². The molecule has 1 aromatic heterocycles. The van der Waals surface area contributed by atoms with E-state index in [1.807, 2.05) is 19.4 Å². The number of thioether (sulfide) groups is 1. The normalized spacial score (nSPS) is 18.0. The highest BCUT2D eigenvalue weighted by Crippen LogP contribution is 2.31. The first-order valence-electron chi connectivity index (χ1n) is 10.6. The van der Waals surface area contributed by atoms with Crippen LogP contribution in [-0.2, 0) is 13.0 Å². The molecule has 0 saturated carbocycles. The summed E-state index contributed by atoms with van der Waals surface area (Å²) >= 11 is 1.78. The van der Waals surface area contributed by atoms with Crippen molar-refractivity contribution in [3.63, 3.8) is 0 Å². The van der Waals surface area contributed by atoms with Crippen molar-refractivity contribution >= 4 is 28.3 Å². The van der Waals surface area contributed by atoms with Crippen LogP contribution in [0, 0.1) is 23.0 Å². The van der Waals surface area contributed by atoms with Crippen molar-refractivity contribution in [3.05, 3.63) is 52.1 Å². The number of aromatic nitrogens is 2. The van der Waals surface area contributed by atoms with Crippen LogP contribution in [-0.4, -0.2) is 42.9 Å². The maximum Gasteiger partial charge on any atom is 0.269 e. The van der Waals surface area contributed by atoms with Gasteiger partial charge in [0.2, 0.25) is 0 Å². The second-order valence-corrected chi connectivity index (χ2v) is 9.26. The van der Waals surface area contributed by atoms with Crippen LogP contribution < -0.4 is 0 Å². The monoisotopic (exact) mass is 429 g/mol. The summed E-state index contributed by atoms with van der Waals surface area (Å²) < 4.78 is 2.27. The third kappa shape index (κ3) is 5.41. The number of nitrogens with zero attached hydrogens (tertiary/aromatic N) is 5. The lowest BCUT2D eigenvalue weighted by atomic mass is 10.1. The van der Waals surface area contributed by atoms with E-state index in [4.69, 9.17) is 4.99 Å². The van der Waals surface area contributed by atoms with Crippen molar-refractivity contribution in [1.29, 1.82) is 0 Å². The number of amidine groups is 1. The quantitative estimate of drug-likeness (QED) is 0.404. The summed E-state index contributed by atoms with van der Waals surface area (Å²) in [6, 6.07) is 5.26. The summed E-state index contributed by atoms with van der Waals surface area (Å²) in [4.78, 5) is 22.4. The minimum absolute atomic E-state index is 0.106. The molecule has 0 bridgehead atoms. The predicted octanol–water partition coefficient (Wildman–Crippen LogP) is 5.20. The summed E-state index contributed by atoms with van der Waals surface area (Å²) in [6.45, 7) is 10.5. The van der Waals surface area contributed by atoms with Crippen LogP contribution in [0.25, 0.3) is 0 Å². The SMILES string of the molecule is CCCCN1C(=Nc2ccc([N+](=O)[O-])cc2C)SC[C@@H]1Cc1cncn1CC(C)C. The average Bonchev–Trinajstić information content (AvgIpc) is 3.28. The van der Waals surface area contributed by atoms with Gasteiger partial charge in [-0.25, -0.2) is 9.98 Å². The number of hydrogen-bond acceptors (Lipinski definition) is 5. The molecule has 0 radical (unpaired) electrons. The molecule has 1 saturated heterocycles. The summed E-state index contributed by atoms with van der Waals surface area (Å²) in [6.07, 6.45) is 7.11. The first kappa shape index (κ1) is 22.3. The molecule has 162 valence electrons. The number of hydrogen-bond donors (Lipinski definition) is 0. The summed E-state index contributed by atoms with van der Waals surface area (Å²) in [7, 11) is 0. The molecule has 30 heavy (non-hydrogen) atoms. The Hall–Kier alpha value is -2.35. The molecule has 1 atom stereocenters. The number of aliphatic imine (C=N–C) groups is 1. The fourth-order valence-corrected chi connectivity index (χ4v) is 4.88.